The second-order valence-corrected chi connectivity index (χ2v) is 5.05. The van der Waals surface area contributed by atoms with E-state index >= 15 is 0 Å². The number of alkyl halides is 3. The van der Waals surface area contributed by atoms with Gasteiger partial charge < -0.3 is 0 Å². The summed E-state index contributed by atoms with van der Waals surface area (Å²) < 4.78 is 38.3. The fourth-order valence-corrected chi connectivity index (χ4v) is 2.31. The Balaban J connectivity index is 2.20. The lowest BCUT2D eigenvalue weighted by Crippen LogP contribution is -2.05. The summed E-state index contributed by atoms with van der Waals surface area (Å²) >= 11 is 0. The third-order valence-electron chi connectivity index (χ3n) is 3.44. The average molecular weight is 303 g/mol. The lowest BCUT2D eigenvalue weighted by atomic mass is 10.1. The Kier molecular flexibility index (Phi) is 3.31. The maximum Gasteiger partial charge on any atom is 0.416 e. The first-order chi connectivity index (χ1) is 10.4. The highest BCUT2D eigenvalue weighted by atomic mass is 19.4. The second-order valence-electron chi connectivity index (χ2n) is 5.05. The number of aryl methyl sites for hydroxylation is 2. The van der Waals surface area contributed by atoms with Crippen LogP contribution in [0.2, 0.25) is 0 Å². The van der Waals surface area contributed by atoms with Gasteiger partial charge in [-0.2, -0.15) is 13.2 Å². The van der Waals surface area contributed by atoms with E-state index in [1.165, 1.54) is 6.07 Å². The van der Waals surface area contributed by atoms with E-state index in [1.54, 1.807) is 19.3 Å². The first kappa shape index (κ1) is 14.4. The molecule has 0 saturated heterocycles. The fraction of sp³-hybridized carbons (Fsp3) is 0.188. The predicted octanol–water partition coefficient (Wildman–Crippen LogP) is 4.33. The highest BCUT2D eigenvalue weighted by molar-refractivity contribution is 5.79. The quantitative estimate of drug-likeness (QED) is 0.671. The molecule has 3 aromatic rings. The van der Waals surface area contributed by atoms with Crippen molar-refractivity contribution in [2.75, 3.05) is 0 Å². The van der Waals surface area contributed by atoms with E-state index in [-0.39, 0.29) is 5.52 Å². The number of halogens is 3. The molecular weight excluding hydrogens is 291 g/mol. The van der Waals surface area contributed by atoms with Crippen LogP contribution in [0.5, 0.6) is 0 Å². The van der Waals surface area contributed by atoms with Gasteiger partial charge in [-0.05, 0) is 43.7 Å². The molecule has 22 heavy (non-hydrogen) atoms. The van der Waals surface area contributed by atoms with Gasteiger partial charge in [0.05, 0.1) is 28.0 Å². The number of nitrogens with zero attached hydrogens (tertiary/aromatic N) is 3. The molecule has 1 aromatic carbocycles. The summed E-state index contributed by atoms with van der Waals surface area (Å²) in [4.78, 5) is 12.8. The standard InChI is InChI=1S/C16H12F3N3/c1-9-8-20-6-5-12(9)15-10(2)21-14-7-11(16(17,18)19)3-4-13(14)22-15/h3-8H,1-2H3. The molecule has 0 amide bonds. The van der Waals surface area contributed by atoms with Gasteiger partial charge in [-0.15, -0.1) is 0 Å². The van der Waals surface area contributed by atoms with Crippen LogP contribution in [0.3, 0.4) is 0 Å². The van der Waals surface area contributed by atoms with Gasteiger partial charge >= 0.3 is 6.18 Å². The van der Waals surface area contributed by atoms with E-state index in [2.05, 4.69) is 15.0 Å². The topological polar surface area (TPSA) is 38.7 Å². The predicted molar refractivity (Wildman–Crippen MR) is 77.2 cm³/mol. The Labute approximate surface area is 124 Å². The van der Waals surface area contributed by atoms with E-state index in [4.69, 9.17) is 0 Å². The molecule has 2 aromatic heterocycles. The van der Waals surface area contributed by atoms with Gasteiger partial charge in [0.25, 0.3) is 0 Å². The zero-order valence-electron chi connectivity index (χ0n) is 11.9. The van der Waals surface area contributed by atoms with Gasteiger partial charge in [0.2, 0.25) is 0 Å². The van der Waals surface area contributed by atoms with Crippen molar-refractivity contribution in [3.8, 4) is 11.3 Å². The highest BCUT2D eigenvalue weighted by Gasteiger charge is 2.30. The fourth-order valence-electron chi connectivity index (χ4n) is 2.31. The molecule has 0 unspecified atom stereocenters. The molecule has 112 valence electrons. The van der Waals surface area contributed by atoms with Crippen molar-refractivity contribution in [2.24, 2.45) is 0 Å². The molecule has 0 aliphatic carbocycles. The maximum atomic E-state index is 12.8. The molecule has 2 heterocycles. The Morgan fingerprint density at radius 1 is 0.955 bits per heavy atom. The zero-order valence-corrected chi connectivity index (χ0v) is 11.9. The van der Waals surface area contributed by atoms with Crippen LogP contribution >= 0.6 is 0 Å². The van der Waals surface area contributed by atoms with Crippen molar-refractivity contribution < 1.29 is 13.2 Å². The highest BCUT2D eigenvalue weighted by Crippen LogP contribution is 2.32. The van der Waals surface area contributed by atoms with Crippen LogP contribution in [0, 0.1) is 13.8 Å². The molecule has 0 aliphatic rings. The zero-order chi connectivity index (χ0) is 15.9. The summed E-state index contributed by atoms with van der Waals surface area (Å²) in [5, 5.41) is 0. The average Bonchev–Trinajstić information content (AvgIpc) is 2.46. The number of fused-ring (bicyclic) bond motifs is 1. The summed E-state index contributed by atoms with van der Waals surface area (Å²) in [5.41, 5.74) is 3.01. The van der Waals surface area contributed by atoms with Gasteiger partial charge in [-0.1, -0.05) is 0 Å². The van der Waals surface area contributed by atoms with Crippen LogP contribution in [0.4, 0.5) is 13.2 Å². The Morgan fingerprint density at radius 2 is 1.73 bits per heavy atom. The van der Waals surface area contributed by atoms with Crippen LogP contribution in [0.25, 0.3) is 22.3 Å². The number of pyridine rings is 1. The second kappa shape index (κ2) is 5.05. The monoisotopic (exact) mass is 303 g/mol. The van der Waals surface area contributed by atoms with Crippen molar-refractivity contribution in [1.29, 1.82) is 0 Å². The third-order valence-corrected chi connectivity index (χ3v) is 3.44. The minimum absolute atomic E-state index is 0.239. The summed E-state index contributed by atoms with van der Waals surface area (Å²) in [7, 11) is 0. The first-order valence-electron chi connectivity index (χ1n) is 6.63. The van der Waals surface area contributed by atoms with E-state index in [0.717, 1.165) is 23.3 Å². The Morgan fingerprint density at radius 3 is 2.41 bits per heavy atom. The van der Waals surface area contributed by atoms with Crippen molar-refractivity contribution >= 4 is 11.0 Å². The number of hydrogen-bond donors (Lipinski definition) is 0. The Bertz CT molecular complexity index is 857. The molecule has 0 N–H and O–H groups in total. The summed E-state index contributed by atoms with van der Waals surface area (Å²) in [6.45, 7) is 3.64. The number of rotatable bonds is 1. The Hall–Kier alpha value is -2.50. The number of aromatic nitrogens is 3. The normalized spacial score (nSPS) is 11.9. The van der Waals surface area contributed by atoms with Crippen molar-refractivity contribution in [1.82, 2.24) is 15.0 Å². The molecule has 0 fully saturated rings. The van der Waals surface area contributed by atoms with Crippen molar-refractivity contribution in [3.05, 3.63) is 53.5 Å². The largest absolute Gasteiger partial charge is 0.416 e. The third kappa shape index (κ3) is 2.52. The molecule has 0 bridgehead atoms. The number of benzene rings is 1. The lowest BCUT2D eigenvalue weighted by Gasteiger charge is -2.11. The lowest BCUT2D eigenvalue weighted by molar-refractivity contribution is -0.137. The smallest absolute Gasteiger partial charge is 0.264 e. The van der Waals surface area contributed by atoms with Crippen molar-refractivity contribution in [2.45, 2.75) is 20.0 Å². The van der Waals surface area contributed by atoms with Gasteiger partial charge in [0.1, 0.15) is 0 Å². The summed E-state index contributed by atoms with van der Waals surface area (Å²) in [6, 6.07) is 5.22. The molecule has 0 radical (unpaired) electrons. The van der Waals surface area contributed by atoms with Gasteiger partial charge in [-0.3, -0.25) is 4.98 Å². The maximum absolute atomic E-state index is 12.8. The van der Waals surface area contributed by atoms with Crippen LogP contribution in [0.1, 0.15) is 16.8 Å². The van der Waals surface area contributed by atoms with E-state index in [0.29, 0.717) is 16.9 Å². The minimum atomic E-state index is -4.38. The van der Waals surface area contributed by atoms with Gasteiger partial charge in [-0.25, -0.2) is 9.97 Å². The van der Waals surface area contributed by atoms with Crippen molar-refractivity contribution in [3.63, 3.8) is 0 Å². The molecule has 3 rings (SSSR count). The van der Waals surface area contributed by atoms with Gasteiger partial charge in [0.15, 0.2) is 0 Å². The molecule has 0 aliphatic heterocycles. The number of hydrogen-bond acceptors (Lipinski definition) is 3. The minimum Gasteiger partial charge on any atom is -0.264 e. The molecule has 0 spiro atoms. The van der Waals surface area contributed by atoms with Crippen LogP contribution in [0.15, 0.2) is 36.7 Å². The summed E-state index contributed by atoms with van der Waals surface area (Å²) in [6.07, 6.45) is -1.02. The van der Waals surface area contributed by atoms with Crippen LogP contribution in [-0.2, 0) is 6.18 Å². The van der Waals surface area contributed by atoms with E-state index in [9.17, 15) is 13.2 Å². The molecule has 0 saturated carbocycles. The van der Waals surface area contributed by atoms with E-state index in [1.807, 2.05) is 13.0 Å². The molecule has 3 nitrogen and oxygen atoms in total. The first-order valence-corrected chi connectivity index (χ1v) is 6.63. The molecule has 6 heteroatoms. The SMILES string of the molecule is Cc1cnccc1-c1nc2ccc(C(F)(F)F)cc2nc1C. The summed E-state index contributed by atoms with van der Waals surface area (Å²) in [5.74, 6) is 0. The molecule has 0 atom stereocenters. The van der Waals surface area contributed by atoms with Gasteiger partial charge in [0, 0.05) is 18.0 Å². The van der Waals surface area contributed by atoms with E-state index < -0.39 is 11.7 Å². The molecular formula is C16H12F3N3. The van der Waals surface area contributed by atoms with Crippen LogP contribution in [-0.4, -0.2) is 15.0 Å². The van der Waals surface area contributed by atoms with Crippen LogP contribution < -0.4 is 0 Å².